The Morgan fingerprint density at radius 1 is 1.40 bits per heavy atom. The molecule has 1 aromatic carbocycles. The van der Waals surface area contributed by atoms with Gasteiger partial charge in [0.1, 0.15) is 5.75 Å². The van der Waals surface area contributed by atoms with Crippen LogP contribution in [0.3, 0.4) is 0 Å². The lowest BCUT2D eigenvalue weighted by atomic mass is 10.2. The van der Waals surface area contributed by atoms with Crippen molar-refractivity contribution < 1.29 is 14.3 Å². The molecule has 0 aromatic heterocycles. The van der Waals surface area contributed by atoms with Crippen molar-refractivity contribution in [3.63, 3.8) is 0 Å². The molecule has 4 heteroatoms. The molecule has 0 radical (unpaired) electrons. The van der Waals surface area contributed by atoms with Crippen molar-refractivity contribution in [2.75, 3.05) is 14.2 Å². The second-order valence-electron chi connectivity index (χ2n) is 2.71. The SMILES string of the molecule is COC(=O)/C=C/c1c(Cl)cccc1OC. The number of halogens is 1. The van der Waals surface area contributed by atoms with E-state index in [0.717, 1.165) is 0 Å². The van der Waals surface area contributed by atoms with Crippen LogP contribution >= 0.6 is 11.6 Å². The molecule has 0 aliphatic rings. The minimum atomic E-state index is -0.433. The molecule has 0 saturated carbocycles. The van der Waals surface area contributed by atoms with Gasteiger partial charge in [0.15, 0.2) is 0 Å². The summed E-state index contributed by atoms with van der Waals surface area (Å²) in [6.45, 7) is 0. The predicted molar refractivity (Wildman–Crippen MR) is 59.1 cm³/mol. The molecule has 0 bridgehead atoms. The van der Waals surface area contributed by atoms with Gasteiger partial charge in [0.05, 0.1) is 19.2 Å². The van der Waals surface area contributed by atoms with Gasteiger partial charge in [-0.3, -0.25) is 0 Å². The highest BCUT2D eigenvalue weighted by Gasteiger charge is 2.04. The molecule has 0 amide bonds. The number of hydrogen-bond acceptors (Lipinski definition) is 3. The Kier molecular flexibility index (Phi) is 4.18. The van der Waals surface area contributed by atoms with E-state index in [4.69, 9.17) is 16.3 Å². The molecule has 0 aliphatic heterocycles. The van der Waals surface area contributed by atoms with Gasteiger partial charge in [-0.25, -0.2) is 4.79 Å². The van der Waals surface area contributed by atoms with Crippen LogP contribution in [-0.4, -0.2) is 20.2 Å². The topological polar surface area (TPSA) is 35.5 Å². The van der Waals surface area contributed by atoms with Gasteiger partial charge in [-0.05, 0) is 18.2 Å². The van der Waals surface area contributed by atoms with Crippen molar-refractivity contribution in [2.24, 2.45) is 0 Å². The van der Waals surface area contributed by atoms with Crippen LogP contribution in [-0.2, 0) is 9.53 Å². The Labute approximate surface area is 93.3 Å². The van der Waals surface area contributed by atoms with Crippen LogP contribution in [0.25, 0.3) is 6.08 Å². The molecule has 0 saturated heterocycles. The first-order valence-corrected chi connectivity index (χ1v) is 4.65. The van der Waals surface area contributed by atoms with Gasteiger partial charge in [0.25, 0.3) is 0 Å². The second kappa shape index (κ2) is 5.41. The summed E-state index contributed by atoms with van der Waals surface area (Å²) in [5, 5.41) is 0.523. The quantitative estimate of drug-likeness (QED) is 0.587. The summed E-state index contributed by atoms with van der Waals surface area (Å²) in [5.41, 5.74) is 0.659. The van der Waals surface area contributed by atoms with Crippen LogP contribution < -0.4 is 4.74 Å². The Morgan fingerprint density at radius 3 is 2.73 bits per heavy atom. The van der Waals surface area contributed by atoms with Crippen molar-refractivity contribution >= 4 is 23.6 Å². The van der Waals surface area contributed by atoms with Gasteiger partial charge >= 0.3 is 5.97 Å². The lowest BCUT2D eigenvalue weighted by molar-refractivity contribution is -0.134. The smallest absolute Gasteiger partial charge is 0.330 e. The van der Waals surface area contributed by atoms with Crippen molar-refractivity contribution in [2.45, 2.75) is 0 Å². The standard InChI is InChI=1S/C11H11ClO3/c1-14-10-5-3-4-9(12)8(10)6-7-11(13)15-2/h3-7H,1-2H3/b7-6+. The predicted octanol–water partition coefficient (Wildman–Crippen LogP) is 2.53. The number of carbonyl (C=O) groups excluding carboxylic acids is 1. The van der Waals surface area contributed by atoms with Crippen LogP contribution in [0, 0.1) is 0 Å². The van der Waals surface area contributed by atoms with Crippen molar-refractivity contribution in [3.05, 3.63) is 34.9 Å². The summed E-state index contributed by atoms with van der Waals surface area (Å²) in [7, 11) is 2.86. The van der Waals surface area contributed by atoms with Crippen molar-refractivity contribution in [1.29, 1.82) is 0 Å². The van der Waals surface area contributed by atoms with E-state index in [1.165, 1.54) is 13.2 Å². The average Bonchev–Trinajstić information content (AvgIpc) is 2.26. The van der Waals surface area contributed by atoms with Crippen LogP contribution in [0.1, 0.15) is 5.56 Å². The molecular formula is C11H11ClO3. The highest BCUT2D eigenvalue weighted by atomic mass is 35.5. The summed E-state index contributed by atoms with van der Waals surface area (Å²) in [6.07, 6.45) is 2.86. The Morgan fingerprint density at radius 2 is 2.13 bits per heavy atom. The molecule has 1 rings (SSSR count). The fourth-order valence-corrected chi connectivity index (χ4v) is 1.31. The Hall–Kier alpha value is -1.48. The molecule has 15 heavy (non-hydrogen) atoms. The molecule has 0 heterocycles. The first-order valence-electron chi connectivity index (χ1n) is 4.27. The average molecular weight is 227 g/mol. The number of ether oxygens (including phenoxy) is 2. The maximum Gasteiger partial charge on any atom is 0.330 e. The van der Waals surface area contributed by atoms with Crippen LogP contribution in [0.5, 0.6) is 5.75 Å². The zero-order valence-electron chi connectivity index (χ0n) is 8.49. The fraction of sp³-hybridized carbons (Fsp3) is 0.182. The van der Waals surface area contributed by atoms with Crippen LogP contribution in [0.2, 0.25) is 5.02 Å². The fourth-order valence-electron chi connectivity index (χ4n) is 1.08. The summed E-state index contributed by atoms with van der Waals surface area (Å²) in [4.78, 5) is 10.9. The van der Waals surface area contributed by atoms with Crippen molar-refractivity contribution in [1.82, 2.24) is 0 Å². The van der Waals surface area contributed by atoms with E-state index >= 15 is 0 Å². The van der Waals surface area contributed by atoms with E-state index in [1.54, 1.807) is 31.4 Å². The van der Waals surface area contributed by atoms with E-state index in [0.29, 0.717) is 16.3 Å². The van der Waals surface area contributed by atoms with E-state index in [9.17, 15) is 4.79 Å². The van der Waals surface area contributed by atoms with Gasteiger partial charge < -0.3 is 9.47 Å². The number of methoxy groups -OCH3 is 2. The van der Waals surface area contributed by atoms with E-state index in [-0.39, 0.29) is 0 Å². The normalized spacial score (nSPS) is 10.3. The number of carbonyl (C=O) groups is 1. The maximum absolute atomic E-state index is 10.9. The van der Waals surface area contributed by atoms with Gasteiger partial charge in [-0.15, -0.1) is 0 Å². The molecule has 0 aliphatic carbocycles. The number of benzene rings is 1. The molecule has 0 N–H and O–H groups in total. The molecular weight excluding hydrogens is 216 g/mol. The maximum atomic E-state index is 10.9. The highest BCUT2D eigenvalue weighted by molar-refractivity contribution is 6.32. The molecule has 0 spiro atoms. The zero-order chi connectivity index (χ0) is 11.3. The monoisotopic (exact) mass is 226 g/mol. The zero-order valence-corrected chi connectivity index (χ0v) is 9.25. The third-order valence-electron chi connectivity index (χ3n) is 1.82. The van der Waals surface area contributed by atoms with E-state index in [2.05, 4.69) is 4.74 Å². The summed E-state index contributed by atoms with van der Waals surface area (Å²) in [6, 6.07) is 5.26. The molecule has 1 aromatic rings. The van der Waals surface area contributed by atoms with Crippen LogP contribution in [0.15, 0.2) is 24.3 Å². The van der Waals surface area contributed by atoms with Gasteiger partial charge in [-0.2, -0.15) is 0 Å². The first kappa shape index (κ1) is 11.6. The summed E-state index contributed by atoms with van der Waals surface area (Å²) < 4.78 is 9.58. The van der Waals surface area contributed by atoms with E-state index in [1.807, 2.05) is 0 Å². The first-order chi connectivity index (χ1) is 7.19. The largest absolute Gasteiger partial charge is 0.496 e. The third kappa shape index (κ3) is 2.99. The number of esters is 1. The van der Waals surface area contributed by atoms with E-state index < -0.39 is 5.97 Å². The van der Waals surface area contributed by atoms with Gasteiger partial charge in [-0.1, -0.05) is 17.7 Å². The molecule has 0 fully saturated rings. The number of rotatable bonds is 3. The molecule has 3 nitrogen and oxygen atoms in total. The lowest BCUT2D eigenvalue weighted by Crippen LogP contribution is -1.94. The van der Waals surface area contributed by atoms with Gasteiger partial charge in [0.2, 0.25) is 0 Å². The minimum Gasteiger partial charge on any atom is -0.496 e. The third-order valence-corrected chi connectivity index (χ3v) is 2.15. The second-order valence-corrected chi connectivity index (χ2v) is 3.12. The number of hydrogen-bond donors (Lipinski definition) is 0. The van der Waals surface area contributed by atoms with Gasteiger partial charge in [0, 0.05) is 11.6 Å². The minimum absolute atomic E-state index is 0.433. The Balaban J connectivity index is 3.02. The molecule has 80 valence electrons. The highest BCUT2D eigenvalue weighted by Crippen LogP contribution is 2.27. The van der Waals surface area contributed by atoms with Crippen LogP contribution in [0.4, 0.5) is 0 Å². The molecule has 0 unspecified atom stereocenters. The Bertz CT molecular complexity index is 385. The van der Waals surface area contributed by atoms with Crippen molar-refractivity contribution in [3.8, 4) is 5.75 Å². The molecule has 0 atom stereocenters. The summed E-state index contributed by atoms with van der Waals surface area (Å²) >= 11 is 5.95. The lowest BCUT2D eigenvalue weighted by Gasteiger charge is -2.05. The summed E-state index contributed by atoms with van der Waals surface area (Å²) in [5.74, 6) is 0.180.